The molecule has 0 aliphatic heterocycles. The molecule has 0 aromatic carbocycles. The smallest absolute Gasteiger partial charge is 0.168 e. The molecule has 0 radical (unpaired) electrons. The Kier molecular flexibility index (Phi) is 26.9. The summed E-state index contributed by atoms with van der Waals surface area (Å²) in [6.45, 7) is 0.970. The average Bonchev–Trinajstić information content (AvgIpc) is 3.51. The van der Waals surface area contributed by atoms with Gasteiger partial charge in [-0.2, -0.15) is 52.4 Å². The molecule has 230 valence electrons. The van der Waals surface area contributed by atoms with E-state index in [-0.39, 0.29) is 15.9 Å². The van der Waals surface area contributed by atoms with Crippen LogP contribution in [0.1, 0.15) is 12.8 Å². The van der Waals surface area contributed by atoms with Gasteiger partial charge in [-0.15, -0.1) is 10.2 Å². The van der Waals surface area contributed by atoms with Gasteiger partial charge in [-0.25, -0.2) is 21.0 Å². The largest absolute Gasteiger partial charge is 0.814 e. The summed E-state index contributed by atoms with van der Waals surface area (Å²) in [6, 6.07) is 6.00. The number of halogens is 6. The summed E-state index contributed by atoms with van der Waals surface area (Å²) in [5, 5.41) is 14.5. The van der Waals surface area contributed by atoms with Gasteiger partial charge in [0.2, 0.25) is 0 Å². The van der Waals surface area contributed by atoms with Crippen molar-refractivity contribution in [3.05, 3.63) is 48.2 Å². The molecule has 3 rings (SSSR count). The number of aryl methyl sites for hydroxylation is 1. The van der Waals surface area contributed by atoms with Crippen LogP contribution in [0.15, 0.2) is 40.9 Å². The third kappa shape index (κ3) is 25.9. The quantitative estimate of drug-likeness (QED) is 0.0872. The number of aromatic amines is 2. The van der Waals surface area contributed by atoms with Gasteiger partial charge in [0.15, 0.2) is 12.4 Å². The molecular formula is C13H14Cl2F4N8O8PdS4. The van der Waals surface area contributed by atoms with Crippen LogP contribution in [0.3, 0.4) is 0 Å². The molecule has 3 aromatic heterocycles. The number of pyridine rings is 1. The Labute approximate surface area is 246 Å². The number of nitrogens with zero attached hydrogens (tertiary/aromatic N) is 6. The van der Waals surface area contributed by atoms with Gasteiger partial charge in [-0.1, -0.05) is 20.3 Å². The van der Waals surface area contributed by atoms with Crippen LogP contribution in [-0.2, 0) is 66.1 Å². The summed E-state index contributed by atoms with van der Waals surface area (Å²) in [5.74, 6) is 0. The minimum Gasteiger partial charge on any atom is -0.814 e. The third-order valence-corrected chi connectivity index (χ3v) is 4.08. The van der Waals surface area contributed by atoms with Crippen LogP contribution in [0.25, 0.3) is 5.41 Å². The fourth-order valence-electron chi connectivity index (χ4n) is 1.62. The first-order valence-electron chi connectivity index (χ1n) is 8.79. The van der Waals surface area contributed by atoms with Crippen LogP contribution in [0, 0.1) is 12.2 Å². The van der Waals surface area contributed by atoms with Crippen LogP contribution >= 0.6 is 19.1 Å². The van der Waals surface area contributed by atoms with Crippen molar-refractivity contribution in [2.75, 3.05) is 0 Å². The molecule has 0 spiro atoms. The monoisotopic (exact) mass is 790 g/mol. The molecule has 3 aromatic rings. The molecule has 3 heterocycles. The average molecular weight is 792 g/mol. The molecule has 40 heavy (non-hydrogen) atoms. The Hall–Kier alpha value is -2.40. The van der Waals surface area contributed by atoms with Crippen molar-refractivity contribution in [2.45, 2.75) is 29.7 Å². The number of hydrogen-bond acceptors (Lipinski definition) is 12. The fraction of sp³-hybridized carbons (Fsp3) is 0.231. The summed E-state index contributed by atoms with van der Waals surface area (Å²) >= 11 is -1.61. The second kappa shape index (κ2) is 25.6. The summed E-state index contributed by atoms with van der Waals surface area (Å²) in [6.07, 6.45) is 4.54. The Morgan fingerprint density at radius 3 is 1.45 bits per heavy atom. The molecule has 0 unspecified atom stereocenters. The molecule has 2 N–H and O–H groups in total. The zero-order valence-electron chi connectivity index (χ0n) is 18.8. The summed E-state index contributed by atoms with van der Waals surface area (Å²) in [5.41, 5.74) is 0. The molecule has 0 aliphatic rings. The second-order valence-corrected chi connectivity index (χ2v) is 10.4. The van der Waals surface area contributed by atoms with E-state index >= 15 is 0 Å². The van der Waals surface area contributed by atoms with Gasteiger partial charge in [0.25, 0.3) is 0 Å². The van der Waals surface area contributed by atoms with Crippen molar-refractivity contribution in [2.24, 2.45) is 0 Å². The zero-order chi connectivity index (χ0) is 31.6. The number of rotatable bonds is 6. The minimum absolute atomic E-state index is 0.106. The Morgan fingerprint density at radius 1 is 0.875 bits per heavy atom. The van der Waals surface area contributed by atoms with Gasteiger partial charge in [0.1, 0.15) is 6.54 Å². The normalized spacial score (nSPS) is 9.65. The van der Waals surface area contributed by atoms with Crippen molar-refractivity contribution in [1.82, 2.24) is 30.4 Å². The second-order valence-electron chi connectivity index (χ2n) is 5.31. The van der Waals surface area contributed by atoms with Crippen LogP contribution in [0.5, 0.6) is 0 Å². The first-order valence-corrected chi connectivity index (χ1v) is 16.9. The van der Waals surface area contributed by atoms with E-state index < -0.39 is 66.1 Å². The van der Waals surface area contributed by atoms with Crippen LogP contribution in [0.4, 0.5) is 16.6 Å². The fourth-order valence-corrected chi connectivity index (χ4v) is 2.31. The molecule has 0 saturated heterocycles. The van der Waals surface area contributed by atoms with E-state index in [4.69, 9.17) is 41.3 Å². The maximum atomic E-state index is 11.8. The molecule has 0 atom stereocenters. The SMILES string of the molecule is O=S(=O)(F)c1n[nH]c(F)n1.O=S(=O)(F)c1n[nH]c(F)n1.O=S=O.O=S=O.[Cl][Pd][Cl].[N-]=CCCC[n+]1ccccc1. The molecule has 27 heteroatoms. The van der Waals surface area contributed by atoms with Gasteiger partial charge < -0.3 is 5.41 Å². The van der Waals surface area contributed by atoms with E-state index in [0.29, 0.717) is 0 Å². The van der Waals surface area contributed by atoms with Crippen molar-refractivity contribution in [1.29, 1.82) is 0 Å². The predicted molar refractivity (Wildman–Crippen MR) is 124 cm³/mol. The van der Waals surface area contributed by atoms with Gasteiger partial charge in [0.05, 0.1) is 0 Å². The third-order valence-electron chi connectivity index (χ3n) is 2.84. The summed E-state index contributed by atoms with van der Waals surface area (Å²) in [7, 11) is -0.323. The summed E-state index contributed by atoms with van der Waals surface area (Å²) < 4.78 is 122. The van der Waals surface area contributed by atoms with Crippen molar-refractivity contribution in [3.63, 3.8) is 0 Å². The number of unbranched alkanes of at least 4 members (excludes halogenated alkanes) is 1. The van der Waals surface area contributed by atoms with Crippen molar-refractivity contribution < 1.29 is 70.7 Å². The van der Waals surface area contributed by atoms with Crippen LogP contribution in [-0.4, -0.2) is 70.2 Å². The molecule has 0 fully saturated rings. The van der Waals surface area contributed by atoms with Gasteiger partial charge in [-0.05, 0) is 0 Å². The molecule has 0 bridgehead atoms. The van der Waals surface area contributed by atoms with Crippen molar-refractivity contribution >= 4 is 68.9 Å². The van der Waals surface area contributed by atoms with Gasteiger partial charge >= 0.3 is 101 Å². The number of nitrogens with one attached hydrogen (secondary N) is 2. The predicted octanol–water partition coefficient (Wildman–Crippen LogP) is 0.635. The van der Waals surface area contributed by atoms with Crippen LogP contribution in [0.2, 0.25) is 0 Å². The maximum absolute atomic E-state index is 11.8. The number of aromatic nitrogens is 7. The van der Waals surface area contributed by atoms with Crippen molar-refractivity contribution in [3.8, 4) is 0 Å². The molecule has 0 amide bonds. The Morgan fingerprint density at radius 2 is 1.23 bits per heavy atom. The van der Waals surface area contributed by atoms with Gasteiger partial charge in [0, 0.05) is 18.6 Å². The Balaban J connectivity index is -0.000000447. The molecule has 0 aliphatic carbocycles. The van der Waals surface area contributed by atoms with E-state index in [1.807, 2.05) is 30.6 Å². The standard InChI is InChI=1S/C9H12N2.2C2HF2N3O2S.2ClH.2O2S.Pd/c10-6-2-5-9-11-7-3-1-4-8-11;2*3-1-5-2(7-6-1)10(4,8)9;;;2*1-3-2;/h1,3-4,6-8H,2,5,9H2;2*(H,5,6,7);2*1H;;;/q;;;;;;;+2/p-2. The maximum Gasteiger partial charge on any atom is 0.168 e. The topological polar surface area (TPSA) is 246 Å². The first kappa shape index (κ1) is 42.1. The summed E-state index contributed by atoms with van der Waals surface area (Å²) in [4.78, 5) is 5.17. The number of hydrogen-bond donors (Lipinski definition) is 2. The van der Waals surface area contributed by atoms with E-state index in [9.17, 15) is 33.4 Å². The van der Waals surface area contributed by atoms with Crippen LogP contribution < -0.4 is 4.57 Å². The van der Waals surface area contributed by atoms with Gasteiger partial charge in [-0.3, -0.25) is 0 Å². The molecule has 16 nitrogen and oxygen atoms in total. The first-order chi connectivity index (χ1) is 18.7. The van der Waals surface area contributed by atoms with E-state index in [2.05, 4.69) is 24.7 Å². The number of H-pyrrole nitrogens is 2. The van der Waals surface area contributed by atoms with E-state index in [1.54, 1.807) is 0 Å². The molecule has 0 saturated carbocycles. The van der Waals surface area contributed by atoms with E-state index in [0.717, 1.165) is 19.4 Å². The van der Waals surface area contributed by atoms with E-state index in [1.165, 1.54) is 16.4 Å². The Bertz CT molecular complexity index is 1310. The molecular weight excluding hydrogens is 778 g/mol. The zero-order valence-corrected chi connectivity index (χ0v) is 25.1. The minimum atomic E-state index is -4.98.